The Kier molecular flexibility index (Phi) is 3.08. The van der Waals surface area contributed by atoms with Gasteiger partial charge in [-0.1, -0.05) is 26.3 Å². The highest BCUT2D eigenvalue weighted by Crippen LogP contribution is 2.43. The Hall–Kier alpha value is -1.18. The van der Waals surface area contributed by atoms with Gasteiger partial charge in [0.1, 0.15) is 5.78 Å². The zero-order chi connectivity index (χ0) is 11.6. The summed E-state index contributed by atoms with van der Waals surface area (Å²) in [5.41, 5.74) is 1.23. The maximum Gasteiger partial charge on any atom is 0.140 e. The van der Waals surface area contributed by atoms with Crippen molar-refractivity contribution in [1.82, 2.24) is 4.98 Å². The van der Waals surface area contributed by atoms with Gasteiger partial charge in [-0.05, 0) is 29.9 Å². The lowest BCUT2D eigenvalue weighted by Gasteiger charge is -2.25. The SMILES string of the molecule is CC1(C)CCCC1C(=O)Cc1cccnc1. The van der Waals surface area contributed by atoms with Crippen molar-refractivity contribution in [2.24, 2.45) is 11.3 Å². The van der Waals surface area contributed by atoms with Crippen LogP contribution in [0.5, 0.6) is 0 Å². The Morgan fingerprint density at radius 3 is 2.94 bits per heavy atom. The Morgan fingerprint density at radius 2 is 2.38 bits per heavy atom. The van der Waals surface area contributed by atoms with Crippen molar-refractivity contribution < 1.29 is 4.79 Å². The van der Waals surface area contributed by atoms with E-state index < -0.39 is 0 Å². The predicted octanol–water partition coefficient (Wildman–Crippen LogP) is 3.02. The third-order valence-electron chi connectivity index (χ3n) is 3.75. The van der Waals surface area contributed by atoms with E-state index in [1.54, 1.807) is 12.4 Å². The van der Waals surface area contributed by atoms with Crippen LogP contribution in [0.25, 0.3) is 0 Å². The van der Waals surface area contributed by atoms with Crippen molar-refractivity contribution in [3.05, 3.63) is 30.1 Å². The predicted molar refractivity (Wildman–Crippen MR) is 64.1 cm³/mol. The molecule has 0 saturated heterocycles. The van der Waals surface area contributed by atoms with Gasteiger partial charge in [0.2, 0.25) is 0 Å². The lowest BCUT2D eigenvalue weighted by atomic mass is 9.78. The van der Waals surface area contributed by atoms with Crippen molar-refractivity contribution in [2.45, 2.75) is 39.5 Å². The van der Waals surface area contributed by atoms with Crippen LogP contribution in [0.1, 0.15) is 38.7 Å². The summed E-state index contributed by atoms with van der Waals surface area (Å²) in [6.07, 6.45) is 7.51. The van der Waals surface area contributed by atoms with Gasteiger partial charge < -0.3 is 0 Å². The number of ketones is 1. The van der Waals surface area contributed by atoms with Crippen LogP contribution in [0, 0.1) is 11.3 Å². The topological polar surface area (TPSA) is 30.0 Å². The first-order chi connectivity index (χ1) is 7.59. The number of hydrogen-bond donors (Lipinski definition) is 0. The molecule has 1 fully saturated rings. The molecule has 86 valence electrons. The molecule has 0 N–H and O–H groups in total. The summed E-state index contributed by atoms with van der Waals surface area (Å²) < 4.78 is 0. The van der Waals surface area contributed by atoms with Gasteiger partial charge in [0, 0.05) is 24.7 Å². The summed E-state index contributed by atoms with van der Waals surface area (Å²) in [5, 5.41) is 0. The number of nitrogens with zero attached hydrogens (tertiary/aromatic N) is 1. The highest BCUT2D eigenvalue weighted by molar-refractivity contribution is 5.84. The van der Waals surface area contributed by atoms with Crippen molar-refractivity contribution in [3.8, 4) is 0 Å². The Labute approximate surface area is 97.1 Å². The number of Topliss-reactive ketones (excluding diaryl/α,β-unsaturated/α-hetero) is 1. The zero-order valence-corrected chi connectivity index (χ0v) is 10.1. The fraction of sp³-hybridized carbons (Fsp3) is 0.571. The van der Waals surface area contributed by atoms with Crippen LogP contribution in [-0.2, 0) is 11.2 Å². The monoisotopic (exact) mass is 217 g/mol. The highest BCUT2D eigenvalue weighted by atomic mass is 16.1. The maximum atomic E-state index is 12.2. The van der Waals surface area contributed by atoms with E-state index in [1.807, 2.05) is 12.1 Å². The van der Waals surface area contributed by atoms with Crippen molar-refractivity contribution in [2.75, 3.05) is 0 Å². The summed E-state index contributed by atoms with van der Waals surface area (Å²) in [4.78, 5) is 16.3. The number of hydrogen-bond acceptors (Lipinski definition) is 2. The number of carbonyl (C=O) groups excluding carboxylic acids is 1. The number of carbonyl (C=O) groups is 1. The average Bonchev–Trinajstić information content (AvgIpc) is 2.59. The second-order valence-electron chi connectivity index (χ2n) is 5.44. The minimum absolute atomic E-state index is 0.194. The van der Waals surface area contributed by atoms with E-state index >= 15 is 0 Å². The van der Waals surface area contributed by atoms with Gasteiger partial charge in [-0.25, -0.2) is 0 Å². The molecular formula is C14H19NO. The third kappa shape index (κ3) is 2.31. The van der Waals surface area contributed by atoms with Crippen LogP contribution in [0.3, 0.4) is 0 Å². The van der Waals surface area contributed by atoms with Gasteiger partial charge in [0.25, 0.3) is 0 Å². The lowest BCUT2D eigenvalue weighted by molar-refractivity contribution is -0.124. The fourth-order valence-electron chi connectivity index (χ4n) is 2.75. The molecule has 1 unspecified atom stereocenters. The smallest absolute Gasteiger partial charge is 0.140 e. The number of pyridine rings is 1. The molecule has 0 spiro atoms. The maximum absolute atomic E-state index is 12.2. The average molecular weight is 217 g/mol. The highest BCUT2D eigenvalue weighted by Gasteiger charge is 2.38. The molecule has 0 radical (unpaired) electrons. The molecule has 0 amide bonds. The van der Waals surface area contributed by atoms with E-state index in [1.165, 1.54) is 12.8 Å². The van der Waals surface area contributed by atoms with Gasteiger partial charge >= 0.3 is 0 Å². The second-order valence-corrected chi connectivity index (χ2v) is 5.44. The second kappa shape index (κ2) is 4.36. The summed E-state index contributed by atoms with van der Waals surface area (Å²) in [6, 6.07) is 3.87. The molecule has 1 aromatic heterocycles. The fourth-order valence-corrected chi connectivity index (χ4v) is 2.75. The lowest BCUT2D eigenvalue weighted by Crippen LogP contribution is -2.27. The van der Waals surface area contributed by atoms with E-state index in [-0.39, 0.29) is 11.3 Å². The van der Waals surface area contributed by atoms with E-state index in [0.29, 0.717) is 12.2 Å². The molecule has 0 aromatic carbocycles. The van der Waals surface area contributed by atoms with Gasteiger partial charge in [-0.2, -0.15) is 0 Å². The molecule has 16 heavy (non-hydrogen) atoms. The molecule has 1 heterocycles. The minimum Gasteiger partial charge on any atom is -0.299 e. The van der Waals surface area contributed by atoms with E-state index in [0.717, 1.165) is 12.0 Å². The first kappa shape index (κ1) is 11.3. The van der Waals surface area contributed by atoms with Crippen LogP contribution in [0.4, 0.5) is 0 Å². The number of rotatable bonds is 3. The molecule has 2 rings (SSSR count). The molecule has 1 aromatic rings. The van der Waals surface area contributed by atoms with Crippen LogP contribution in [0.15, 0.2) is 24.5 Å². The largest absolute Gasteiger partial charge is 0.299 e. The first-order valence-corrected chi connectivity index (χ1v) is 6.01. The summed E-state index contributed by atoms with van der Waals surface area (Å²) in [5.74, 6) is 0.628. The molecule has 2 heteroatoms. The van der Waals surface area contributed by atoms with Crippen molar-refractivity contribution in [1.29, 1.82) is 0 Å². The van der Waals surface area contributed by atoms with E-state index in [2.05, 4.69) is 18.8 Å². The van der Waals surface area contributed by atoms with Crippen LogP contribution in [-0.4, -0.2) is 10.8 Å². The molecule has 0 aliphatic heterocycles. The zero-order valence-electron chi connectivity index (χ0n) is 10.1. The van der Waals surface area contributed by atoms with E-state index in [9.17, 15) is 4.79 Å². The standard InChI is InChI=1S/C14H19NO/c1-14(2)7-3-6-12(14)13(16)9-11-5-4-8-15-10-11/h4-5,8,10,12H,3,6-7,9H2,1-2H3. The normalized spacial score (nSPS) is 23.2. The quantitative estimate of drug-likeness (QED) is 0.779. The molecule has 2 nitrogen and oxygen atoms in total. The molecule has 1 atom stereocenters. The van der Waals surface area contributed by atoms with E-state index in [4.69, 9.17) is 0 Å². The van der Waals surface area contributed by atoms with Gasteiger partial charge in [-0.3, -0.25) is 9.78 Å². The van der Waals surface area contributed by atoms with Gasteiger partial charge in [-0.15, -0.1) is 0 Å². The Bertz CT molecular complexity index is 370. The molecule has 1 aliphatic carbocycles. The van der Waals surface area contributed by atoms with Gasteiger partial charge in [0.15, 0.2) is 0 Å². The third-order valence-corrected chi connectivity index (χ3v) is 3.75. The molecular weight excluding hydrogens is 198 g/mol. The Morgan fingerprint density at radius 1 is 1.56 bits per heavy atom. The first-order valence-electron chi connectivity index (χ1n) is 6.01. The Balaban J connectivity index is 2.04. The van der Waals surface area contributed by atoms with Crippen LogP contribution < -0.4 is 0 Å². The summed E-state index contributed by atoms with van der Waals surface area (Å²) in [6.45, 7) is 4.43. The number of aromatic nitrogens is 1. The summed E-state index contributed by atoms with van der Waals surface area (Å²) in [7, 11) is 0. The molecule has 0 bridgehead atoms. The van der Waals surface area contributed by atoms with Crippen LogP contribution >= 0.6 is 0 Å². The minimum atomic E-state index is 0.194. The molecule has 1 saturated carbocycles. The molecule has 1 aliphatic rings. The van der Waals surface area contributed by atoms with Crippen molar-refractivity contribution in [3.63, 3.8) is 0 Å². The summed E-state index contributed by atoms with van der Waals surface area (Å²) >= 11 is 0. The van der Waals surface area contributed by atoms with Crippen molar-refractivity contribution >= 4 is 5.78 Å². The van der Waals surface area contributed by atoms with Crippen LogP contribution in [0.2, 0.25) is 0 Å². The van der Waals surface area contributed by atoms with Gasteiger partial charge in [0.05, 0.1) is 0 Å².